The SMILES string of the molecule is CNC(=O)CCNS(=O)(=O)N1CCNCC1. The van der Waals surface area contributed by atoms with Crippen LogP contribution in [0.5, 0.6) is 0 Å². The molecule has 1 aliphatic rings. The lowest BCUT2D eigenvalue weighted by molar-refractivity contribution is -0.120. The number of nitrogens with zero attached hydrogens (tertiary/aromatic N) is 1. The van der Waals surface area contributed by atoms with Crippen molar-refractivity contribution in [2.45, 2.75) is 6.42 Å². The van der Waals surface area contributed by atoms with Crippen molar-refractivity contribution in [3.8, 4) is 0 Å². The number of rotatable bonds is 5. The normalized spacial score (nSPS) is 18.3. The Kier molecular flexibility index (Phi) is 5.13. The van der Waals surface area contributed by atoms with Crippen LogP contribution in [0.2, 0.25) is 0 Å². The van der Waals surface area contributed by atoms with Crippen LogP contribution in [-0.2, 0) is 15.0 Å². The molecule has 0 aromatic heterocycles. The molecule has 0 atom stereocenters. The Labute approximate surface area is 95.8 Å². The highest BCUT2D eigenvalue weighted by molar-refractivity contribution is 7.87. The molecule has 1 fully saturated rings. The van der Waals surface area contributed by atoms with Gasteiger partial charge in [-0.2, -0.15) is 12.7 Å². The van der Waals surface area contributed by atoms with E-state index < -0.39 is 10.2 Å². The number of hydrogen-bond donors (Lipinski definition) is 3. The standard InChI is InChI=1S/C8H18N4O3S/c1-9-8(13)2-3-11-16(14,15)12-6-4-10-5-7-12/h10-11H,2-7H2,1H3,(H,9,13). The first kappa shape index (κ1) is 13.4. The van der Waals surface area contributed by atoms with Crippen molar-refractivity contribution in [2.75, 3.05) is 39.8 Å². The monoisotopic (exact) mass is 250 g/mol. The second-order valence-corrected chi connectivity index (χ2v) is 5.23. The minimum absolute atomic E-state index is 0.131. The van der Waals surface area contributed by atoms with Crippen molar-refractivity contribution in [2.24, 2.45) is 0 Å². The summed E-state index contributed by atoms with van der Waals surface area (Å²) >= 11 is 0. The molecule has 16 heavy (non-hydrogen) atoms. The van der Waals surface area contributed by atoms with Gasteiger partial charge >= 0.3 is 0 Å². The van der Waals surface area contributed by atoms with Crippen LogP contribution in [0.4, 0.5) is 0 Å². The largest absolute Gasteiger partial charge is 0.359 e. The van der Waals surface area contributed by atoms with Crippen molar-refractivity contribution in [1.82, 2.24) is 19.7 Å². The Hall–Kier alpha value is -0.700. The number of amides is 1. The number of nitrogens with one attached hydrogen (secondary N) is 3. The Morgan fingerprint density at radius 2 is 2.00 bits per heavy atom. The lowest BCUT2D eigenvalue weighted by Crippen LogP contribution is -2.50. The van der Waals surface area contributed by atoms with Gasteiger partial charge in [0.25, 0.3) is 10.2 Å². The maximum Gasteiger partial charge on any atom is 0.279 e. The molecule has 94 valence electrons. The van der Waals surface area contributed by atoms with Gasteiger partial charge in [-0.15, -0.1) is 0 Å². The fourth-order valence-corrected chi connectivity index (χ4v) is 2.60. The van der Waals surface area contributed by atoms with E-state index in [9.17, 15) is 13.2 Å². The van der Waals surface area contributed by atoms with E-state index in [1.807, 2.05) is 0 Å². The van der Waals surface area contributed by atoms with Gasteiger partial charge in [0.1, 0.15) is 0 Å². The summed E-state index contributed by atoms with van der Waals surface area (Å²) in [5.74, 6) is -0.178. The van der Waals surface area contributed by atoms with Crippen LogP contribution >= 0.6 is 0 Å². The molecule has 0 saturated carbocycles. The lowest BCUT2D eigenvalue weighted by atomic mass is 10.4. The molecule has 3 N–H and O–H groups in total. The molecule has 8 heteroatoms. The molecule has 1 aliphatic heterocycles. The molecule has 0 bridgehead atoms. The van der Waals surface area contributed by atoms with Crippen molar-refractivity contribution in [1.29, 1.82) is 0 Å². The third-order valence-electron chi connectivity index (χ3n) is 2.33. The molecule has 0 aliphatic carbocycles. The zero-order valence-corrected chi connectivity index (χ0v) is 10.1. The summed E-state index contributed by atoms with van der Waals surface area (Å²) in [6, 6.07) is 0. The first-order chi connectivity index (χ1) is 7.56. The van der Waals surface area contributed by atoms with Gasteiger partial charge in [-0.3, -0.25) is 4.79 Å². The van der Waals surface area contributed by atoms with E-state index in [2.05, 4.69) is 15.4 Å². The average molecular weight is 250 g/mol. The van der Waals surface area contributed by atoms with Gasteiger partial charge < -0.3 is 10.6 Å². The van der Waals surface area contributed by atoms with Gasteiger partial charge in [0, 0.05) is 46.2 Å². The fourth-order valence-electron chi connectivity index (χ4n) is 1.39. The van der Waals surface area contributed by atoms with Gasteiger partial charge in [-0.25, -0.2) is 4.72 Å². The second-order valence-electron chi connectivity index (χ2n) is 3.47. The van der Waals surface area contributed by atoms with E-state index in [1.54, 1.807) is 0 Å². The summed E-state index contributed by atoms with van der Waals surface area (Å²) in [6.45, 7) is 2.39. The summed E-state index contributed by atoms with van der Waals surface area (Å²) in [7, 11) is -1.90. The fraction of sp³-hybridized carbons (Fsp3) is 0.875. The third-order valence-corrected chi connectivity index (χ3v) is 3.95. The quantitative estimate of drug-likeness (QED) is 0.519. The summed E-state index contributed by atoms with van der Waals surface area (Å²) in [5.41, 5.74) is 0. The van der Waals surface area contributed by atoms with Gasteiger partial charge in [-0.05, 0) is 0 Å². The highest BCUT2D eigenvalue weighted by Crippen LogP contribution is 1.99. The molecule has 1 amide bonds. The molecule has 1 saturated heterocycles. The predicted octanol–water partition coefficient (Wildman–Crippen LogP) is -2.14. The first-order valence-corrected chi connectivity index (χ1v) is 6.66. The molecule has 0 spiro atoms. The van der Waals surface area contributed by atoms with Crippen LogP contribution < -0.4 is 15.4 Å². The first-order valence-electron chi connectivity index (χ1n) is 5.22. The molecule has 0 aromatic rings. The minimum Gasteiger partial charge on any atom is -0.359 e. The third kappa shape index (κ3) is 4.05. The topological polar surface area (TPSA) is 90.5 Å². The highest BCUT2D eigenvalue weighted by Gasteiger charge is 2.22. The van der Waals surface area contributed by atoms with Crippen molar-refractivity contribution < 1.29 is 13.2 Å². The van der Waals surface area contributed by atoms with E-state index in [-0.39, 0.29) is 18.9 Å². The Bertz CT molecular complexity index is 324. The summed E-state index contributed by atoms with van der Waals surface area (Å²) in [5, 5.41) is 5.51. The molecule has 0 aromatic carbocycles. The molecule has 7 nitrogen and oxygen atoms in total. The molecular weight excluding hydrogens is 232 g/mol. The molecule has 0 radical (unpaired) electrons. The zero-order valence-electron chi connectivity index (χ0n) is 9.32. The van der Waals surface area contributed by atoms with E-state index in [4.69, 9.17) is 0 Å². The maximum absolute atomic E-state index is 11.7. The van der Waals surface area contributed by atoms with Crippen LogP contribution in [0.3, 0.4) is 0 Å². The smallest absolute Gasteiger partial charge is 0.279 e. The average Bonchev–Trinajstić information content (AvgIpc) is 2.30. The molecule has 1 rings (SSSR count). The number of carbonyl (C=O) groups is 1. The number of carbonyl (C=O) groups excluding carboxylic acids is 1. The van der Waals surface area contributed by atoms with Crippen molar-refractivity contribution in [3.05, 3.63) is 0 Å². The lowest BCUT2D eigenvalue weighted by Gasteiger charge is -2.26. The Morgan fingerprint density at radius 1 is 1.38 bits per heavy atom. The van der Waals surface area contributed by atoms with Crippen molar-refractivity contribution >= 4 is 16.1 Å². The maximum atomic E-state index is 11.7. The zero-order chi connectivity index (χ0) is 12.0. The van der Waals surface area contributed by atoms with E-state index in [0.717, 1.165) is 0 Å². The van der Waals surface area contributed by atoms with Gasteiger partial charge in [0.05, 0.1) is 0 Å². The van der Waals surface area contributed by atoms with Crippen LogP contribution in [0.15, 0.2) is 0 Å². The van der Waals surface area contributed by atoms with Crippen LogP contribution in [0.25, 0.3) is 0 Å². The van der Waals surface area contributed by atoms with Gasteiger partial charge in [-0.1, -0.05) is 0 Å². The molecule has 1 heterocycles. The summed E-state index contributed by atoms with van der Waals surface area (Å²) in [4.78, 5) is 10.9. The van der Waals surface area contributed by atoms with Crippen LogP contribution in [-0.4, -0.2) is 58.4 Å². The van der Waals surface area contributed by atoms with Gasteiger partial charge in [0.2, 0.25) is 5.91 Å². The second kappa shape index (κ2) is 6.14. The summed E-state index contributed by atoms with van der Waals surface area (Å²) < 4.78 is 27.2. The Balaban J connectivity index is 2.36. The number of hydrogen-bond acceptors (Lipinski definition) is 4. The summed E-state index contributed by atoms with van der Waals surface area (Å²) in [6.07, 6.45) is 0.155. The number of piperazine rings is 1. The molecular formula is C8H18N4O3S. The highest BCUT2D eigenvalue weighted by atomic mass is 32.2. The predicted molar refractivity (Wildman–Crippen MR) is 60.0 cm³/mol. The Morgan fingerprint density at radius 3 is 2.56 bits per heavy atom. The van der Waals surface area contributed by atoms with Gasteiger partial charge in [0.15, 0.2) is 0 Å². The van der Waals surface area contributed by atoms with E-state index in [0.29, 0.717) is 26.2 Å². The minimum atomic E-state index is -3.42. The molecule has 0 unspecified atom stereocenters. The van der Waals surface area contributed by atoms with E-state index >= 15 is 0 Å². The van der Waals surface area contributed by atoms with Crippen LogP contribution in [0.1, 0.15) is 6.42 Å². The van der Waals surface area contributed by atoms with Crippen molar-refractivity contribution in [3.63, 3.8) is 0 Å². The van der Waals surface area contributed by atoms with Crippen LogP contribution in [0, 0.1) is 0 Å². The van der Waals surface area contributed by atoms with E-state index in [1.165, 1.54) is 11.4 Å².